The molecular weight excluding hydrogens is 413 g/mol. The molecule has 2 aromatic rings. The Bertz CT molecular complexity index is 1000. The van der Waals surface area contributed by atoms with Gasteiger partial charge in [-0.05, 0) is 79.7 Å². The average molecular weight is 443 g/mol. The zero-order chi connectivity index (χ0) is 23.3. The lowest BCUT2D eigenvalue weighted by atomic mass is 9.76. The van der Waals surface area contributed by atoms with Crippen LogP contribution in [0.1, 0.15) is 50.0 Å². The van der Waals surface area contributed by atoms with E-state index in [1.807, 2.05) is 0 Å². The van der Waals surface area contributed by atoms with E-state index in [1.54, 1.807) is 24.3 Å². The van der Waals surface area contributed by atoms with Gasteiger partial charge in [-0.25, -0.2) is 13.2 Å². The van der Waals surface area contributed by atoms with Crippen molar-refractivity contribution in [2.75, 3.05) is 7.11 Å². The van der Waals surface area contributed by atoms with Crippen molar-refractivity contribution in [1.29, 1.82) is 0 Å². The minimum atomic E-state index is -0.849. The molecule has 0 saturated heterocycles. The molecule has 0 aromatic heterocycles. The van der Waals surface area contributed by atoms with E-state index in [-0.39, 0.29) is 23.0 Å². The summed E-state index contributed by atoms with van der Waals surface area (Å²) in [6.07, 6.45) is 6.31. The van der Waals surface area contributed by atoms with Crippen molar-refractivity contribution in [3.05, 3.63) is 90.0 Å². The summed E-state index contributed by atoms with van der Waals surface area (Å²) in [4.78, 5) is 0. The normalized spacial score (nSPS) is 18.9. The lowest BCUT2D eigenvalue weighted by Gasteiger charge is -2.29. The van der Waals surface area contributed by atoms with Crippen molar-refractivity contribution in [3.63, 3.8) is 0 Å². The highest BCUT2D eigenvalue weighted by Crippen LogP contribution is 2.40. The summed E-state index contributed by atoms with van der Waals surface area (Å²) in [6.45, 7) is 7.38. The minimum absolute atomic E-state index is 0.0137. The van der Waals surface area contributed by atoms with Crippen molar-refractivity contribution in [2.24, 2.45) is 5.92 Å². The largest absolute Gasteiger partial charge is 0.508 e. The number of halogens is 3. The summed E-state index contributed by atoms with van der Waals surface area (Å²) in [5.74, 6) is -1.65. The van der Waals surface area contributed by atoms with E-state index in [0.717, 1.165) is 32.1 Å². The van der Waals surface area contributed by atoms with Crippen LogP contribution in [0.4, 0.5) is 13.2 Å². The van der Waals surface area contributed by atoms with E-state index in [4.69, 9.17) is 4.74 Å². The van der Waals surface area contributed by atoms with Gasteiger partial charge in [0.05, 0.1) is 7.11 Å². The van der Waals surface area contributed by atoms with Crippen LogP contribution < -0.4 is 0 Å². The second-order valence-electron chi connectivity index (χ2n) is 8.41. The van der Waals surface area contributed by atoms with Crippen LogP contribution in [0.3, 0.4) is 0 Å². The van der Waals surface area contributed by atoms with Gasteiger partial charge in [-0.3, -0.25) is 0 Å². The lowest BCUT2D eigenvalue weighted by molar-refractivity contribution is 0.285. The second kappa shape index (κ2) is 10.6. The zero-order valence-corrected chi connectivity index (χ0v) is 18.3. The van der Waals surface area contributed by atoms with Gasteiger partial charge >= 0.3 is 0 Å². The Labute approximate surface area is 187 Å². The molecule has 2 aromatic carbocycles. The summed E-state index contributed by atoms with van der Waals surface area (Å²) in [5, 5.41) is 9.40. The number of methoxy groups -OCH3 is 1. The highest BCUT2D eigenvalue weighted by atomic mass is 19.2. The fraction of sp³-hybridized carbons (Fsp3) is 0.333. The molecular formula is C27H29F3O2. The number of allylic oxidation sites excluding steroid dienone is 3. The van der Waals surface area contributed by atoms with Crippen LogP contribution in [0.5, 0.6) is 5.75 Å². The molecule has 0 spiro atoms. The van der Waals surface area contributed by atoms with Crippen molar-refractivity contribution >= 4 is 0 Å². The van der Waals surface area contributed by atoms with Gasteiger partial charge in [-0.1, -0.05) is 43.0 Å². The molecule has 3 rings (SSSR count). The van der Waals surface area contributed by atoms with E-state index in [9.17, 15) is 18.3 Å². The number of benzene rings is 2. The van der Waals surface area contributed by atoms with Crippen LogP contribution in [0.2, 0.25) is 0 Å². The third-order valence-corrected chi connectivity index (χ3v) is 6.29. The zero-order valence-electron chi connectivity index (χ0n) is 18.3. The number of hydrogen-bond acceptors (Lipinski definition) is 2. The molecule has 0 bridgehead atoms. The lowest BCUT2D eigenvalue weighted by Crippen LogP contribution is -2.15. The minimum Gasteiger partial charge on any atom is -0.508 e. The Balaban J connectivity index is 1.58. The third kappa shape index (κ3) is 5.64. The fourth-order valence-electron chi connectivity index (χ4n) is 4.32. The number of aromatic hydroxyl groups is 1. The first-order chi connectivity index (χ1) is 15.3. The van der Waals surface area contributed by atoms with Crippen molar-refractivity contribution in [3.8, 4) is 16.9 Å². The first-order valence-corrected chi connectivity index (χ1v) is 10.9. The quantitative estimate of drug-likeness (QED) is 0.332. The fourth-order valence-corrected chi connectivity index (χ4v) is 4.32. The maximum absolute atomic E-state index is 14.9. The molecule has 1 aliphatic carbocycles. The van der Waals surface area contributed by atoms with Gasteiger partial charge in [0.15, 0.2) is 17.5 Å². The molecule has 2 nitrogen and oxygen atoms in total. The monoisotopic (exact) mass is 442 g/mol. The van der Waals surface area contributed by atoms with Gasteiger partial charge in [0.2, 0.25) is 0 Å². The van der Waals surface area contributed by atoms with E-state index < -0.39 is 17.5 Å². The molecule has 0 aliphatic heterocycles. The molecule has 0 heterocycles. The van der Waals surface area contributed by atoms with Crippen molar-refractivity contribution < 1.29 is 23.0 Å². The molecule has 0 amide bonds. The average Bonchev–Trinajstić information content (AvgIpc) is 2.80. The molecule has 0 unspecified atom stereocenters. The topological polar surface area (TPSA) is 29.5 Å². The van der Waals surface area contributed by atoms with Crippen LogP contribution in [0.15, 0.2) is 72.8 Å². The summed E-state index contributed by atoms with van der Waals surface area (Å²) >= 11 is 0. The number of hydrogen-bond donors (Lipinski definition) is 1. The highest BCUT2D eigenvalue weighted by molar-refractivity contribution is 5.65. The van der Waals surface area contributed by atoms with E-state index >= 15 is 0 Å². The van der Waals surface area contributed by atoms with Gasteiger partial charge in [-0.2, -0.15) is 0 Å². The van der Waals surface area contributed by atoms with Gasteiger partial charge in [0, 0.05) is 5.56 Å². The predicted molar refractivity (Wildman–Crippen MR) is 122 cm³/mol. The van der Waals surface area contributed by atoms with Crippen molar-refractivity contribution in [1.82, 2.24) is 0 Å². The molecule has 1 fully saturated rings. The standard InChI is InChI=1S/C27H29F3O2/c1-17(16-25(28)18(2)32-3)4-5-19-6-8-20(9-7-19)23-14-15-24(27(30)26(23)29)21-10-12-22(31)13-11-21/h10-16,19-20,31H,1-2,4-9H2,3H3/b25-16+. The van der Waals surface area contributed by atoms with Crippen LogP contribution >= 0.6 is 0 Å². The SMILES string of the molecule is C=C(/C=C(/F)C(=C)OC)CCC1CCC(c2ccc(-c3ccc(O)cc3)c(F)c2F)CC1. The first kappa shape index (κ1) is 23.7. The van der Waals surface area contributed by atoms with E-state index in [0.29, 0.717) is 29.0 Å². The van der Waals surface area contributed by atoms with E-state index in [2.05, 4.69) is 13.2 Å². The van der Waals surface area contributed by atoms with Crippen LogP contribution in [-0.2, 0) is 4.74 Å². The van der Waals surface area contributed by atoms with Gasteiger partial charge in [0.1, 0.15) is 11.5 Å². The van der Waals surface area contributed by atoms with Crippen LogP contribution in [0.25, 0.3) is 11.1 Å². The Hall–Kier alpha value is -2.95. The summed E-state index contributed by atoms with van der Waals surface area (Å²) in [7, 11) is 1.37. The summed E-state index contributed by atoms with van der Waals surface area (Å²) in [5.41, 5.74) is 1.82. The second-order valence-corrected chi connectivity index (χ2v) is 8.41. The summed E-state index contributed by atoms with van der Waals surface area (Å²) < 4.78 is 48.2. The summed E-state index contributed by atoms with van der Waals surface area (Å²) in [6, 6.07) is 9.34. The molecule has 170 valence electrons. The van der Waals surface area contributed by atoms with Gasteiger partial charge in [-0.15, -0.1) is 0 Å². The molecule has 1 N–H and O–H groups in total. The predicted octanol–water partition coefficient (Wildman–Crippen LogP) is 7.96. The van der Waals surface area contributed by atoms with Gasteiger partial charge in [0.25, 0.3) is 0 Å². The van der Waals surface area contributed by atoms with Crippen molar-refractivity contribution in [2.45, 2.75) is 44.4 Å². The third-order valence-electron chi connectivity index (χ3n) is 6.29. The molecule has 1 aliphatic rings. The molecule has 5 heteroatoms. The van der Waals surface area contributed by atoms with E-state index in [1.165, 1.54) is 25.3 Å². The first-order valence-electron chi connectivity index (χ1n) is 10.9. The number of phenols is 1. The van der Waals surface area contributed by atoms with Crippen LogP contribution in [-0.4, -0.2) is 12.2 Å². The Morgan fingerprint density at radius 2 is 1.69 bits per heavy atom. The molecule has 32 heavy (non-hydrogen) atoms. The molecule has 1 saturated carbocycles. The Morgan fingerprint density at radius 1 is 1.03 bits per heavy atom. The maximum Gasteiger partial charge on any atom is 0.166 e. The molecule has 0 atom stereocenters. The number of ether oxygens (including phenoxy) is 1. The van der Waals surface area contributed by atoms with Crippen LogP contribution in [0, 0.1) is 17.6 Å². The molecule has 0 radical (unpaired) electrons. The Morgan fingerprint density at radius 3 is 2.31 bits per heavy atom. The Kier molecular flexibility index (Phi) is 7.84. The van der Waals surface area contributed by atoms with Gasteiger partial charge < -0.3 is 9.84 Å². The maximum atomic E-state index is 14.9. The number of phenolic OH excluding ortho intramolecular Hbond substituents is 1. The smallest absolute Gasteiger partial charge is 0.166 e. The number of rotatable bonds is 8. The highest BCUT2D eigenvalue weighted by Gasteiger charge is 2.26.